The van der Waals surface area contributed by atoms with Gasteiger partial charge >= 0.3 is 0 Å². The van der Waals surface area contributed by atoms with Crippen LogP contribution < -0.4 is 5.56 Å². The zero-order valence-corrected chi connectivity index (χ0v) is 18.1. The average Bonchev–Trinajstić information content (AvgIpc) is 3.24. The summed E-state index contributed by atoms with van der Waals surface area (Å²) < 4.78 is 2.67. The van der Waals surface area contributed by atoms with Gasteiger partial charge in [0, 0.05) is 22.8 Å². The molecule has 0 radical (unpaired) electrons. The van der Waals surface area contributed by atoms with E-state index in [1.54, 1.807) is 0 Å². The molecule has 4 rings (SSSR count). The first kappa shape index (κ1) is 19.8. The molecule has 4 aromatic rings. The third-order valence-corrected chi connectivity index (χ3v) is 6.29. The lowest BCUT2D eigenvalue weighted by Gasteiger charge is -2.16. The Labute approximate surface area is 177 Å². The number of nitrogens with zero attached hydrogens (tertiary/aromatic N) is 4. The van der Waals surface area contributed by atoms with E-state index in [1.807, 2.05) is 54.4 Å². The van der Waals surface area contributed by atoms with Crippen LogP contribution in [0.2, 0.25) is 5.02 Å². The van der Waals surface area contributed by atoms with Crippen LogP contribution in [-0.2, 0) is 19.6 Å². The predicted molar refractivity (Wildman–Crippen MR) is 118 cm³/mol. The number of fused-ring (bicyclic) bond motifs is 1. The Balaban J connectivity index is 1.52. The van der Waals surface area contributed by atoms with Gasteiger partial charge in [0.1, 0.15) is 10.5 Å². The van der Waals surface area contributed by atoms with Crippen molar-refractivity contribution in [2.24, 2.45) is 0 Å². The van der Waals surface area contributed by atoms with Gasteiger partial charge in [-0.2, -0.15) is 5.10 Å². The van der Waals surface area contributed by atoms with Crippen LogP contribution in [0.4, 0.5) is 0 Å². The average molecular weight is 428 g/mol. The zero-order chi connectivity index (χ0) is 20.5. The van der Waals surface area contributed by atoms with Crippen LogP contribution in [0.25, 0.3) is 10.2 Å². The molecule has 0 bridgehead atoms. The van der Waals surface area contributed by atoms with Gasteiger partial charge in [-0.25, -0.2) is 4.98 Å². The van der Waals surface area contributed by atoms with E-state index in [-0.39, 0.29) is 5.56 Å². The summed E-state index contributed by atoms with van der Waals surface area (Å²) in [7, 11) is 2.02. The fourth-order valence-corrected chi connectivity index (χ4v) is 4.40. The highest BCUT2D eigenvalue weighted by Gasteiger charge is 2.15. The summed E-state index contributed by atoms with van der Waals surface area (Å²) in [5, 5.41) is 7.35. The molecule has 1 aromatic carbocycles. The van der Waals surface area contributed by atoms with E-state index in [9.17, 15) is 4.79 Å². The number of benzene rings is 1. The molecule has 0 saturated heterocycles. The standard InChI is InChI=1S/C21H22ClN5OS/c1-13-16(14(2)27(25-13)10-15-6-4-5-7-17(15)22)11-26(3)12-19-23-18-8-9-29-20(18)21(28)24-19/h4-9H,10-12H2,1-3H3,(H,23,24,28). The summed E-state index contributed by atoms with van der Waals surface area (Å²) in [6.45, 7) is 6.01. The van der Waals surface area contributed by atoms with Crippen LogP contribution >= 0.6 is 22.9 Å². The maximum absolute atomic E-state index is 12.2. The van der Waals surface area contributed by atoms with Gasteiger partial charge < -0.3 is 4.98 Å². The lowest BCUT2D eigenvalue weighted by Crippen LogP contribution is -2.22. The minimum atomic E-state index is -0.0756. The first-order valence-corrected chi connectivity index (χ1v) is 10.6. The molecule has 6 nitrogen and oxygen atoms in total. The van der Waals surface area contributed by atoms with Crippen molar-refractivity contribution < 1.29 is 0 Å². The third kappa shape index (κ3) is 4.12. The first-order valence-electron chi connectivity index (χ1n) is 9.33. The molecule has 0 aliphatic rings. The molecule has 29 heavy (non-hydrogen) atoms. The molecule has 0 spiro atoms. The van der Waals surface area contributed by atoms with Crippen LogP contribution in [0.5, 0.6) is 0 Å². The van der Waals surface area contributed by atoms with Crippen molar-refractivity contribution in [1.29, 1.82) is 0 Å². The molecule has 3 aromatic heterocycles. The van der Waals surface area contributed by atoms with Crippen molar-refractivity contribution in [2.45, 2.75) is 33.5 Å². The maximum Gasteiger partial charge on any atom is 0.268 e. The van der Waals surface area contributed by atoms with E-state index in [1.165, 1.54) is 16.9 Å². The minimum absolute atomic E-state index is 0.0756. The molecule has 0 unspecified atom stereocenters. The molecule has 8 heteroatoms. The van der Waals surface area contributed by atoms with Crippen LogP contribution in [0, 0.1) is 13.8 Å². The number of aromatic amines is 1. The number of H-pyrrole nitrogens is 1. The SMILES string of the molecule is Cc1nn(Cc2ccccc2Cl)c(C)c1CN(C)Cc1nc2ccsc2c(=O)[nH]1. The lowest BCUT2D eigenvalue weighted by molar-refractivity contribution is 0.309. The molecule has 0 fully saturated rings. The summed E-state index contributed by atoms with van der Waals surface area (Å²) in [6, 6.07) is 9.72. The van der Waals surface area contributed by atoms with Gasteiger partial charge in [-0.05, 0) is 44.0 Å². The zero-order valence-electron chi connectivity index (χ0n) is 16.6. The number of hydrogen-bond acceptors (Lipinski definition) is 5. The number of halogens is 1. The number of nitrogens with one attached hydrogen (secondary N) is 1. The van der Waals surface area contributed by atoms with Gasteiger partial charge in [-0.3, -0.25) is 14.4 Å². The smallest absolute Gasteiger partial charge is 0.268 e. The highest BCUT2D eigenvalue weighted by atomic mass is 35.5. The Hall–Kier alpha value is -2.48. The Kier molecular flexibility index (Phi) is 5.54. The van der Waals surface area contributed by atoms with Crippen molar-refractivity contribution >= 4 is 33.2 Å². The van der Waals surface area contributed by atoms with E-state index >= 15 is 0 Å². The van der Waals surface area contributed by atoms with Gasteiger partial charge in [0.2, 0.25) is 0 Å². The largest absolute Gasteiger partial charge is 0.308 e. The molecular weight excluding hydrogens is 406 g/mol. The summed E-state index contributed by atoms with van der Waals surface area (Å²) in [5.74, 6) is 0.669. The first-order chi connectivity index (χ1) is 13.9. The monoisotopic (exact) mass is 427 g/mol. The fourth-order valence-electron chi connectivity index (χ4n) is 3.48. The molecule has 0 atom stereocenters. The Bertz CT molecular complexity index is 1230. The van der Waals surface area contributed by atoms with E-state index < -0.39 is 0 Å². The number of hydrogen-bond donors (Lipinski definition) is 1. The molecule has 3 heterocycles. The number of thiophene rings is 1. The van der Waals surface area contributed by atoms with E-state index in [0.717, 1.165) is 27.5 Å². The number of aryl methyl sites for hydroxylation is 1. The van der Waals surface area contributed by atoms with E-state index in [2.05, 4.69) is 21.8 Å². The van der Waals surface area contributed by atoms with Crippen LogP contribution in [0.1, 0.15) is 28.3 Å². The van der Waals surface area contributed by atoms with Crippen molar-refractivity contribution in [1.82, 2.24) is 24.6 Å². The second-order valence-electron chi connectivity index (χ2n) is 7.22. The fraction of sp³-hybridized carbons (Fsp3) is 0.286. The predicted octanol–water partition coefficient (Wildman–Crippen LogP) is 4.13. The van der Waals surface area contributed by atoms with E-state index in [0.29, 0.717) is 30.2 Å². The number of rotatable bonds is 6. The second-order valence-corrected chi connectivity index (χ2v) is 8.54. The van der Waals surface area contributed by atoms with Crippen molar-refractivity contribution in [3.63, 3.8) is 0 Å². The Morgan fingerprint density at radius 3 is 2.79 bits per heavy atom. The van der Waals surface area contributed by atoms with Crippen LogP contribution in [-0.4, -0.2) is 31.7 Å². The molecule has 0 saturated carbocycles. The molecular formula is C21H22ClN5OS. The maximum atomic E-state index is 12.2. The van der Waals surface area contributed by atoms with Gasteiger partial charge in [0.15, 0.2) is 0 Å². The summed E-state index contributed by atoms with van der Waals surface area (Å²) in [5.41, 5.74) is 5.01. The number of aromatic nitrogens is 4. The Morgan fingerprint density at radius 2 is 2.00 bits per heavy atom. The van der Waals surface area contributed by atoms with Gasteiger partial charge in [0.05, 0.1) is 24.3 Å². The molecule has 150 valence electrons. The van der Waals surface area contributed by atoms with Gasteiger partial charge in [0.25, 0.3) is 5.56 Å². The molecule has 1 N–H and O–H groups in total. The van der Waals surface area contributed by atoms with Crippen molar-refractivity contribution in [3.8, 4) is 0 Å². The van der Waals surface area contributed by atoms with Gasteiger partial charge in [-0.1, -0.05) is 29.8 Å². The summed E-state index contributed by atoms with van der Waals surface area (Å²) in [4.78, 5) is 21.8. The second kappa shape index (κ2) is 8.10. The van der Waals surface area contributed by atoms with E-state index in [4.69, 9.17) is 16.7 Å². The quantitative estimate of drug-likeness (QED) is 0.502. The van der Waals surface area contributed by atoms with Crippen LogP contribution in [0.15, 0.2) is 40.5 Å². The highest BCUT2D eigenvalue weighted by Crippen LogP contribution is 2.21. The topological polar surface area (TPSA) is 66.8 Å². The highest BCUT2D eigenvalue weighted by molar-refractivity contribution is 7.17. The summed E-state index contributed by atoms with van der Waals surface area (Å²) >= 11 is 7.72. The molecule has 0 aliphatic heterocycles. The lowest BCUT2D eigenvalue weighted by atomic mass is 10.1. The van der Waals surface area contributed by atoms with Crippen LogP contribution in [0.3, 0.4) is 0 Å². The Morgan fingerprint density at radius 1 is 1.21 bits per heavy atom. The van der Waals surface area contributed by atoms with Crippen molar-refractivity contribution in [2.75, 3.05) is 7.05 Å². The van der Waals surface area contributed by atoms with Crippen molar-refractivity contribution in [3.05, 3.63) is 79.4 Å². The summed E-state index contributed by atoms with van der Waals surface area (Å²) in [6.07, 6.45) is 0. The normalized spacial score (nSPS) is 11.6. The minimum Gasteiger partial charge on any atom is -0.308 e. The molecule has 0 aliphatic carbocycles. The third-order valence-electron chi connectivity index (χ3n) is 5.02. The van der Waals surface area contributed by atoms with Gasteiger partial charge in [-0.15, -0.1) is 11.3 Å². The molecule has 0 amide bonds.